The van der Waals surface area contributed by atoms with Crippen molar-refractivity contribution in [2.45, 2.75) is 33.6 Å². The molecular weight excluding hydrogens is 314 g/mol. The molecule has 0 saturated heterocycles. The maximum absolute atomic E-state index is 12.2. The average Bonchev–Trinajstić information content (AvgIpc) is 2.62. The van der Waals surface area contributed by atoms with E-state index < -0.39 is 0 Å². The maximum Gasteiger partial charge on any atom is 0.251 e. The van der Waals surface area contributed by atoms with Gasteiger partial charge in [0.05, 0.1) is 13.2 Å². The number of carbonyl (C=O) groups excluding carboxylic acids is 1. The lowest BCUT2D eigenvalue weighted by atomic mass is 10.1. The van der Waals surface area contributed by atoms with E-state index in [2.05, 4.69) is 24.4 Å². The Balaban J connectivity index is 1.77. The topological polar surface area (TPSA) is 47.6 Å². The second kappa shape index (κ2) is 9.72. The Labute approximate surface area is 150 Å². The van der Waals surface area contributed by atoms with Crippen LogP contribution in [0.1, 0.15) is 41.8 Å². The normalized spacial score (nSPS) is 10.4. The molecule has 2 rings (SSSR count). The molecule has 0 atom stereocenters. The van der Waals surface area contributed by atoms with Crippen LogP contribution in [-0.4, -0.2) is 25.7 Å². The molecule has 0 heterocycles. The van der Waals surface area contributed by atoms with Crippen molar-refractivity contribution in [3.63, 3.8) is 0 Å². The van der Waals surface area contributed by atoms with Crippen molar-refractivity contribution in [3.8, 4) is 11.5 Å². The lowest BCUT2D eigenvalue weighted by Crippen LogP contribution is -2.28. The smallest absolute Gasteiger partial charge is 0.251 e. The number of aryl methyl sites for hydroxylation is 2. The molecule has 0 aliphatic heterocycles. The van der Waals surface area contributed by atoms with E-state index in [4.69, 9.17) is 9.47 Å². The third-order valence-corrected chi connectivity index (χ3v) is 3.86. The van der Waals surface area contributed by atoms with Gasteiger partial charge in [0, 0.05) is 5.56 Å². The van der Waals surface area contributed by atoms with Gasteiger partial charge in [0.2, 0.25) is 0 Å². The van der Waals surface area contributed by atoms with Crippen molar-refractivity contribution in [2.75, 3.05) is 19.8 Å². The molecule has 4 nitrogen and oxygen atoms in total. The van der Waals surface area contributed by atoms with E-state index in [1.165, 1.54) is 5.56 Å². The molecule has 1 amide bonds. The number of rotatable bonds is 9. The molecule has 0 radical (unpaired) electrons. The molecule has 0 bridgehead atoms. The van der Waals surface area contributed by atoms with Crippen LogP contribution in [0, 0.1) is 6.92 Å². The number of hydrogen-bond acceptors (Lipinski definition) is 3. The summed E-state index contributed by atoms with van der Waals surface area (Å²) in [5, 5.41) is 2.87. The highest BCUT2D eigenvalue weighted by molar-refractivity contribution is 5.94. The highest BCUT2D eigenvalue weighted by atomic mass is 16.5. The summed E-state index contributed by atoms with van der Waals surface area (Å²) >= 11 is 0. The van der Waals surface area contributed by atoms with E-state index in [1.807, 2.05) is 38.1 Å². The van der Waals surface area contributed by atoms with Crippen molar-refractivity contribution >= 4 is 5.91 Å². The lowest BCUT2D eigenvalue weighted by molar-refractivity contribution is 0.0947. The van der Waals surface area contributed by atoms with Crippen LogP contribution in [-0.2, 0) is 6.42 Å². The standard InChI is InChI=1S/C21H27NO3/c1-4-6-17-7-10-19(11-8-17)25-14-13-22-21(23)18-9-12-20(24-5-2)16(3)15-18/h7-12,15H,4-6,13-14H2,1-3H3,(H,22,23). The molecule has 0 aliphatic rings. The predicted molar refractivity (Wildman–Crippen MR) is 101 cm³/mol. The second-order valence-electron chi connectivity index (χ2n) is 5.91. The van der Waals surface area contributed by atoms with Gasteiger partial charge in [0.25, 0.3) is 5.91 Å². The summed E-state index contributed by atoms with van der Waals surface area (Å²) in [6.45, 7) is 7.56. The van der Waals surface area contributed by atoms with Crippen molar-refractivity contribution < 1.29 is 14.3 Å². The summed E-state index contributed by atoms with van der Waals surface area (Å²) in [6, 6.07) is 13.6. The summed E-state index contributed by atoms with van der Waals surface area (Å²) in [7, 11) is 0. The van der Waals surface area contributed by atoms with Crippen molar-refractivity contribution in [3.05, 3.63) is 59.2 Å². The molecule has 0 aliphatic carbocycles. The molecule has 25 heavy (non-hydrogen) atoms. The Kier molecular flexibility index (Phi) is 7.33. The SMILES string of the molecule is CCCc1ccc(OCCNC(=O)c2ccc(OCC)c(C)c2)cc1. The van der Waals surface area contributed by atoms with Crippen LogP contribution in [0.4, 0.5) is 0 Å². The largest absolute Gasteiger partial charge is 0.494 e. The molecule has 1 N–H and O–H groups in total. The molecule has 0 spiro atoms. The molecule has 2 aromatic carbocycles. The van der Waals surface area contributed by atoms with Crippen molar-refractivity contribution in [1.29, 1.82) is 0 Å². The van der Waals surface area contributed by atoms with E-state index >= 15 is 0 Å². The average molecular weight is 341 g/mol. The molecule has 4 heteroatoms. The first-order valence-corrected chi connectivity index (χ1v) is 8.87. The number of benzene rings is 2. The Morgan fingerprint density at radius 3 is 2.44 bits per heavy atom. The van der Waals surface area contributed by atoms with E-state index in [-0.39, 0.29) is 5.91 Å². The predicted octanol–water partition coefficient (Wildman–Crippen LogP) is 4.16. The highest BCUT2D eigenvalue weighted by Crippen LogP contribution is 2.19. The fourth-order valence-corrected chi connectivity index (χ4v) is 2.58. The molecule has 2 aromatic rings. The van der Waals surface area contributed by atoms with Gasteiger partial charge in [0.15, 0.2) is 0 Å². The summed E-state index contributed by atoms with van der Waals surface area (Å²) in [4.78, 5) is 12.2. The van der Waals surface area contributed by atoms with Crippen LogP contribution in [0.25, 0.3) is 0 Å². The van der Waals surface area contributed by atoms with Gasteiger partial charge in [-0.3, -0.25) is 4.79 Å². The summed E-state index contributed by atoms with van der Waals surface area (Å²) < 4.78 is 11.2. The monoisotopic (exact) mass is 341 g/mol. The van der Waals surface area contributed by atoms with Crippen LogP contribution < -0.4 is 14.8 Å². The zero-order chi connectivity index (χ0) is 18.1. The lowest BCUT2D eigenvalue weighted by Gasteiger charge is -2.10. The third kappa shape index (κ3) is 5.82. The van der Waals surface area contributed by atoms with Crippen LogP contribution in [0.15, 0.2) is 42.5 Å². The number of hydrogen-bond donors (Lipinski definition) is 1. The summed E-state index contributed by atoms with van der Waals surface area (Å²) in [5.74, 6) is 1.54. The minimum Gasteiger partial charge on any atom is -0.494 e. The van der Waals surface area contributed by atoms with Crippen LogP contribution in [0.2, 0.25) is 0 Å². The highest BCUT2D eigenvalue weighted by Gasteiger charge is 2.08. The van der Waals surface area contributed by atoms with Gasteiger partial charge in [-0.05, 0) is 61.7 Å². The first kappa shape index (κ1) is 18.8. The molecule has 134 valence electrons. The number of nitrogens with one attached hydrogen (secondary N) is 1. The van der Waals surface area contributed by atoms with Gasteiger partial charge in [-0.15, -0.1) is 0 Å². The quantitative estimate of drug-likeness (QED) is 0.697. The fourth-order valence-electron chi connectivity index (χ4n) is 2.58. The van der Waals surface area contributed by atoms with Gasteiger partial charge in [0.1, 0.15) is 18.1 Å². The summed E-state index contributed by atoms with van der Waals surface area (Å²) in [5.41, 5.74) is 2.90. The minimum atomic E-state index is -0.104. The zero-order valence-corrected chi connectivity index (χ0v) is 15.3. The number of carbonyl (C=O) groups is 1. The van der Waals surface area contributed by atoms with E-state index in [0.29, 0.717) is 25.3 Å². The molecular formula is C21H27NO3. The van der Waals surface area contributed by atoms with Gasteiger partial charge in [-0.2, -0.15) is 0 Å². The first-order chi connectivity index (χ1) is 12.1. The van der Waals surface area contributed by atoms with Crippen molar-refractivity contribution in [2.24, 2.45) is 0 Å². The van der Waals surface area contributed by atoms with Gasteiger partial charge < -0.3 is 14.8 Å². The fraction of sp³-hybridized carbons (Fsp3) is 0.381. The number of ether oxygens (including phenoxy) is 2. The Morgan fingerprint density at radius 1 is 1.04 bits per heavy atom. The Hall–Kier alpha value is -2.49. The van der Waals surface area contributed by atoms with Gasteiger partial charge >= 0.3 is 0 Å². The van der Waals surface area contributed by atoms with Crippen molar-refractivity contribution in [1.82, 2.24) is 5.32 Å². The second-order valence-corrected chi connectivity index (χ2v) is 5.91. The number of amides is 1. The minimum absolute atomic E-state index is 0.104. The van der Waals surface area contributed by atoms with Gasteiger partial charge in [-0.1, -0.05) is 25.5 Å². The summed E-state index contributed by atoms with van der Waals surface area (Å²) in [6.07, 6.45) is 2.22. The van der Waals surface area contributed by atoms with Gasteiger partial charge in [-0.25, -0.2) is 0 Å². The molecule has 0 unspecified atom stereocenters. The Bertz CT molecular complexity index is 680. The van der Waals surface area contributed by atoms with E-state index in [9.17, 15) is 4.79 Å². The molecule has 0 aromatic heterocycles. The van der Waals surface area contributed by atoms with Crippen LogP contribution >= 0.6 is 0 Å². The van der Waals surface area contributed by atoms with Crippen LogP contribution in [0.5, 0.6) is 11.5 Å². The zero-order valence-electron chi connectivity index (χ0n) is 15.3. The Morgan fingerprint density at radius 2 is 1.80 bits per heavy atom. The maximum atomic E-state index is 12.2. The van der Waals surface area contributed by atoms with E-state index in [0.717, 1.165) is 29.9 Å². The first-order valence-electron chi connectivity index (χ1n) is 8.87. The van der Waals surface area contributed by atoms with Crippen LogP contribution in [0.3, 0.4) is 0 Å². The third-order valence-electron chi connectivity index (χ3n) is 3.86. The van der Waals surface area contributed by atoms with E-state index in [1.54, 1.807) is 6.07 Å². The molecule has 0 fully saturated rings. The molecule has 0 saturated carbocycles.